The van der Waals surface area contributed by atoms with Crippen molar-refractivity contribution >= 4 is 28.7 Å². The number of anilines is 2. The molecule has 132 valence electrons. The van der Waals surface area contributed by atoms with Gasteiger partial charge in [-0.05, 0) is 80.4 Å². The second-order valence-corrected chi connectivity index (χ2v) is 6.87. The largest absolute Gasteiger partial charge is 0.372 e. The zero-order valence-electron chi connectivity index (χ0n) is 14.5. The highest BCUT2D eigenvalue weighted by molar-refractivity contribution is 7.80. The van der Waals surface area contributed by atoms with Crippen molar-refractivity contribution in [3.63, 3.8) is 0 Å². The normalized spacial score (nSPS) is 15.5. The lowest BCUT2D eigenvalue weighted by molar-refractivity contribution is 0.577. The van der Waals surface area contributed by atoms with Gasteiger partial charge in [0.05, 0.1) is 6.04 Å². The van der Waals surface area contributed by atoms with Crippen LogP contribution in [0, 0.1) is 5.82 Å². The molecule has 0 spiro atoms. The fourth-order valence-corrected chi connectivity index (χ4v) is 3.40. The first-order valence-corrected chi connectivity index (χ1v) is 9.20. The van der Waals surface area contributed by atoms with E-state index in [2.05, 4.69) is 46.7 Å². The summed E-state index contributed by atoms with van der Waals surface area (Å²) in [5.41, 5.74) is 3.25. The molecule has 2 aromatic rings. The summed E-state index contributed by atoms with van der Waals surface area (Å²) in [5, 5.41) is 6.88. The Labute approximate surface area is 154 Å². The van der Waals surface area contributed by atoms with Crippen LogP contribution in [-0.4, -0.2) is 18.2 Å². The van der Waals surface area contributed by atoms with E-state index in [1.165, 1.54) is 42.6 Å². The van der Waals surface area contributed by atoms with Crippen molar-refractivity contribution < 1.29 is 4.39 Å². The number of hydrogen-bond acceptors (Lipinski definition) is 2. The van der Waals surface area contributed by atoms with Gasteiger partial charge in [-0.2, -0.15) is 0 Å². The summed E-state index contributed by atoms with van der Waals surface area (Å²) in [5.74, 6) is -0.258. The Bertz CT molecular complexity index is 694. The molecule has 2 aromatic carbocycles. The maximum atomic E-state index is 12.9. The van der Waals surface area contributed by atoms with Gasteiger partial charge in [0, 0.05) is 24.5 Å². The van der Waals surface area contributed by atoms with Crippen molar-refractivity contribution in [1.82, 2.24) is 5.32 Å². The molecule has 1 aliphatic rings. The Balaban J connectivity index is 1.55. The molecule has 25 heavy (non-hydrogen) atoms. The van der Waals surface area contributed by atoms with Crippen LogP contribution in [0.2, 0.25) is 0 Å². The van der Waals surface area contributed by atoms with Gasteiger partial charge in [-0.15, -0.1) is 0 Å². The minimum absolute atomic E-state index is 0.0934. The summed E-state index contributed by atoms with van der Waals surface area (Å²) in [7, 11) is 0. The van der Waals surface area contributed by atoms with Crippen LogP contribution in [0.4, 0.5) is 15.8 Å². The zero-order chi connectivity index (χ0) is 17.6. The third-order valence-corrected chi connectivity index (χ3v) is 4.78. The standard InChI is InChI=1S/C20H24FN3S/c1-15(22-20(25)23-18-9-7-17(21)8-10-18)16-5-11-19(12-6-16)24-13-3-2-4-14-24/h5-12,15H,2-4,13-14H2,1H3,(H2,22,23,25)/t15-/m0/s1. The van der Waals surface area contributed by atoms with E-state index in [4.69, 9.17) is 12.2 Å². The summed E-state index contributed by atoms with van der Waals surface area (Å²) >= 11 is 5.35. The molecule has 2 N–H and O–H groups in total. The maximum Gasteiger partial charge on any atom is 0.171 e. The third kappa shape index (κ3) is 4.92. The predicted octanol–water partition coefficient (Wildman–Crippen LogP) is 4.86. The molecule has 1 atom stereocenters. The average molecular weight is 357 g/mol. The first kappa shape index (κ1) is 17.7. The molecular formula is C20H24FN3S. The third-order valence-electron chi connectivity index (χ3n) is 4.56. The second-order valence-electron chi connectivity index (χ2n) is 6.47. The fourth-order valence-electron chi connectivity index (χ4n) is 3.11. The van der Waals surface area contributed by atoms with Crippen LogP contribution in [0.3, 0.4) is 0 Å². The van der Waals surface area contributed by atoms with Crippen molar-refractivity contribution in [3.8, 4) is 0 Å². The van der Waals surface area contributed by atoms with E-state index in [0.717, 1.165) is 18.8 Å². The Hall–Kier alpha value is -2.14. The van der Waals surface area contributed by atoms with Crippen LogP contribution < -0.4 is 15.5 Å². The van der Waals surface area contributed by atoms with E-state index >= 15 is 0 Å². The van der Waals surface area contributed by atoms with E-state index in [9.17, 15) is 4.39 Å². The van der Waals surface area contributed by atoms with Gasteiger partial charge in [0.1, 0.15) is 5.82 Å². The summed E-state index contributed by atoms with van der Waals surface area (Å²) in [6.45, 7) is 4.38. The van der Waals surface area contributed by atoms with Gasteiger partial charge in [0.25, 0.3) is 0 Å². The van der Waals surface area contributed by atoms with Crippen molar-refractivity contribution in [2.45, 2.75) is 32.2 Å². The molecule has 1 heterocycles. The number of piperidine rings is 1. The van der Waals surface area contributed by atoms with Gasteiger partial charge in [0.15, 0.2) is 5.11 Å². The number of thiocarbonyl (C=S) groups is 1. The molecule has 0 radical (unpaired) electrons. The fraction of sp³-hybridized carbons (Fsp3) is 0.350. The zero-order valence-corrected chi connectivity index (χ0v) is 15.3. The average Bonchev–Trinajstić information content (AvgIpc) is 2.64. The Morgan fingerprint density at radius 2 is 1.64 bits per heavy atom. The number of nitrogens with one attached hydrogen (secondary N) is 2. The van der Waals surface area contributed by atoms with Gasteiger partial charge in [-0.3, -0.25) is 0 Å². The Kier molecular flexibility index (Phi) is 5.87. The minimum atomic E-state index is -0.258. The number of nitrogens with zero attached hydrogens (tertiary/aromatic N) is 1. The molecule has 0 aromatic heterocycles. The van der Waals surface area contributed by atoms with E-state index < -0.39 is 0 Å². The van der Waals surface area contributed by atoms with Crippen LogP contribution in [0.1, 0.15) is 37.8 Å². The molecule has 3 rings (SSSR count). The summed E-state index contributed by atoms with van der Waals surface area (Å²) in [6.07, 6.45) is 3.90. The smallest absolute Gasteiger partial charge is 0.171 e. The van der Waals surface area contributed by atoms with Crippen LogP contribution in [0.5, 0.6) is 0 Å². The lowest BCUT2D eigenvalue weighted by atomic mass is 10.1. The van der Waals surface area contributed by atoms with Crippen LogP contribution >= 0.6 is 12.2 Å². The molecule has 1 aliphatic heterocycles. The van der Waals surface area contributed by atoms with E-state index in [0.29, 0.717) is 5.11 Å². The molecule has 1 saturated heterocycles. The number of hydrogen-bond donors (Lipinski definition) is 2. The molecule has 1 fully saturated rings. The minimum Gasteiger partial charge on any atom is -0.372 e. The molecule has 0 amide bonds. The maximum absolute atomic E-state index is 12.9. The first-order valence-electron chi connectivity index (χ1n) is 8.80. The van der Waals surface area contributed by atoms with Crippen LogP contribution in [-0.2, 0) is 0 Å². The van der Waals surface area contributed by atoms with Crippen LogP contribution in [0.25, 0.3) is 0 Å². The summed E-state index contributed by atoms with van der Waals surface area (Å²) in [4.78, 5) is 2.45. The van der Waals surface area contributed by atoms with Crippen molar-refractivity contribution in [2.24, 2.45) is 0 Å². The number of rotatable bonds is 4. The molecule has 0 aliphatic carbocycles. The highest BCUT2D eigenvalue weighted by Gasteiger charge is 2.12. The lowest BCUT2D eigenvalue weighted by Crippen LogP contribution is -2.31. The van der Waals surface area contributed by atoms with Crippen molar-refractivity contribution in [3.05, 3.63) is 59.9 Å². The molecule has 5 heteroatoms. The van der Waals surface area contributed by atoms with E-state index in [-0.39, 0.29) is 11.9 Å². The lowest BCUT2D eigenvalue weighted by Gasteiger charge is -2.29. The highest BCUT2D eigenvalue weighted by atomic mass is 32.1. The quantitative estimate of drug-likeness (QED) is 0.764. The predicted molar refractivity (Wildman–Crippen MR) is 107 cm³/mol. The molecule has 0 saturated carbocycles. The second kappa shape index (κ2) is 8.30. The van der Waals surface area contributed by atoms with Gasteiger partial charge in [-0.25, -0.2) is 4.39 Å². The number of benzene rings is 2. The van der Waals surface area contributed by atoms with Gasteiger partial charge in [0.2, 0.25) is 0 Å². The van der Waals surface area contributed by atoms with Crippen molar-refractivity contribution in [2.75, 3.05) is 23.3 Å². The molecule has 0 bridgehead atoms. The monoisotopic (exact) mass is 357 g/mol. The van der Waals surface area contributed by atoms with Crippen molar-refractivity contribution in [1.29, 1.82) is 0 Å². The molecular weight excluding hydrogens is 333 g/mol. The SMILES string of the molecule is C[C@H](NC(=S)Nc1ccc(F)cc1)c1ccc(N2CCCCC2)cc1. The van der Waals surface area contributed by atoms with Crippen LogP contribution in [0.15, 0.2) is 48.5 Å². The highest BCUT2D eigenvalue weighted by Crippen LogP contribution is 2.22. The Morgan fingerprint density at radius 1 is 1.00 bits per heavy atom. The van der Waals surface area contributed by atoms with Gasteiger partial charge in [-0.1, -0.05) is 12.1 Å². The Morgan fingerprint density at radius 3 is 2.28 bits per heavy atom. The molecule has 3 nitrogen and oxygen atoms in total. The van der Waals surface area contributed by atoms with Gasteiger partial charge >= 0.3 is 0 Å². The van der Waals surface area contributed by atoms with E-state index in [1.54, 1.807) is 12.1 Å². The van der Waals surface area contributed by atoms with Gasteiger partial charge < -0.3 is 15.5 Å². The first-order chi connectivity index (χ1) is 12.1. The number of halogens is 1. The summed E-state index contributed by atoms with van der Waals surface area (Å²) < 4.78 is 12.9. The molecule has 0 unspecified atom stereocenters. The van der Waals surface area contributed by atoms with E-state index in [1.807, 2.05) is 0 Å². The summed E-state index contributed by atoms with van der Waals surface area (Å²) in [6, 6.07) is 14.9. The topological polar surface area (TPSA) is 27.3 Å².